The van der Waals surface area contributed by atoms with E-state index in [0.717, 1.165) is 9.37 Å². The highest BCUT2D eigenvalue weighted by Crippen LogP contribution is 2.38. The van der Waals surface area contributed by atoms with Crippen LogP contribution in [0.2, 0.25) is 0 Å². The first-order valence-electron chi connectivity index (χ1n) is 8.04. The second-order valence-electron chi connectivity index (χ2n) is 5.98. The van der Waals surface area contributed by atoms with E-state index < -0.39 is 31.1 Å². The molecule has 2 unspecified atom stereocenters. The Bertz CT molecular complexity index is 969. The summed E-state index contributed by atoms with van der Waals surface area (Å²) < 4.78 is 8.19. The van der Waals surface area contributed by atoms with Gasteiger partial charge in [0.2, 0.25) is 0 Å². The van der Waals surface area contributed by atoms with Crippen LogP contribution in [0, 0.1) is 0 Å². The minimum atomic E-state index is -1.26. The molecule has 1 fully saturated rings. The standard InChI is InChI=1S/C16H16BrN5O4S/c17-7-1-3-8(4-2-7)27-16-21-10-13(18)19-6-20-14(10)22(16)15-12(25)11(24)9(5-23)26-15/h1-4,6,9,11-12,15,23-25H,5H2,(H2,18,19,20)/t9-,11?,12?,15-/m1/s1. The fourth-order valence-corrected chi connectivity index (χ4v) is 4.08. The quantitative estimate of drug-likeness (QED) is 0.453. The van der Waals surface area contributed by atoms with Crippen LogP contribution in [0.3, 0.4) is 0 Å². The van der Waals surface area contributed by atoms with Gasteiger partial charge in [-0.1, -0.05) is 27.7 Å². The molecule has 1 aliphatic rings. The van der Waals surface area contributed by atoms with Crippen molar-refractivity contribution < 1.29 is 20.1 Å². The lowest BCUT2D eigenvalue weighted by Crippen LogP contribution is -2.33. The molecular weight excluding hydrogens is 438 g/mol. The molecule has 9 nitrogen and oxygen atoms in total. The highest BCUT2D eigenvalue weighted by Gasteiger charge is 2.45. The summed E-state index contributed by atoms with van der Waals surface area (Å²) in [6.07, 6.45) is -3.09. The highest BCUT2D eigenvalue weighted by molar-refractivity contribution is 9.10. The second kappa shape index (κ2) is 7.34. The molecular formula is C16H16BrN5O4S. The summed E-state index contributed by atoms with van der Waals surface area (Å²) in [6, 6.07) is 7.61. The number of rotatable bonds is 4. The van der Waals surface area contributed by atoms with E-state index in [1.807, 2.05) is 24.3 Å². The van der Waals surface area contributed by atoms with Gasteiger partial charge in [-0.2, -0.15) is 0 Å². The van der Waals surface area contributed by atoms with Gasteiger partial charge in [0.25, 0.3) is 0 Å². The third kappa shape index (κ3) is 3.30. The van der Waals surface area contributed by atoms with Crippen LogP contribution < -0.4 is 5.73 Å². The predicted molar refractivity (Wildman–Crippen MR) is 101 cm³/mol. The molecule has 3 heterocycles. The molecule has 2 aromatic heterocycles. The Kier molecular flexibility index (Phi) is 5.05. The first-order chi connectivity index (χ1) is 13.0. The van der Waals surface area contributed by atoms with Crippen molar-refractivity contribution in [2.24, 2.45) is 0 Å². The fraction of sp³-hybridized carbons (Fsp3) is 0.312. The summed E-state index contributed by atoms with van der Waals surface area (Å²) in [5, 5.41) is 30.4. The Morgan fingerprint density at radius 1 is 1.19 bits per heavy atom. The monoisotopic (exact) mass is 453 g/mol. The average molecular weight is 454 g/mol. The Labute approximate surface area is 166 Å². The summed E-state index contributed by atoms with van der Waals surface area (Å²) in [7, 11) is 0. The number of fused-ring (bicyclic) bond motifs is 1. The molecule has 4 atom stereocenters. The molecule has 0 bridgehead atoms. The van der Waals surface area contributed by atoms with Gasteiger partial charge < -0.3 is 25.8 Å². The van der Waals surface area contributed by atoms with Gasteiger partial charge in [0, 0.05) is 9.37 Å². The number of ether oxygens (including phenoxy) is 1. The number of aliphatic hydroxyl groups is 3. The molecule has 1 aromatic carbocycles. The number of imidazole rings is 1. The summed E-state index contributed by atoms with van der Waals surface area (Å²) >= 11 is 4.73. The van der Waals surface area contributed by atoms with Crippen molar-refractivity contribution in [3.05, 3.63) is 35.1 Å². The van der Waals surface area contributed by atoms with Crippen LogP contribution in [0.5, 0.6) is 0 Å². The molecule has 0 radical (unpaired) electrons. The molecule has 0 amide bonds. The zero-order valence-corrected chi connectivity index (χ0v) is 16.2. The Balaban J connectivity index is 1.82. The van der Waals surface area contributed by atoms with Gasteiger partial charge in [-0.05, 0) is 24.3 Å². The van der Waals surface area contributed by atoms with Crippen LogP contribution >= 0.6 is 27.7 Å². The second-order valence-corrected chi connectivity index (χ2v) is 7.94. The molecule has 0 saturated carbocycles. The molecule has 0 spiro atoms. The van der Waals surface area contributed by atoms with E-state index in [4.69, 9.17) is 10.5 Å². The largest absolute Gasteiger partial charge is 0.394 e. The molecule has 4 rings (SSSR count). The molecule has 0 aliphatic carbocycles. The van der Waals surface area contributed by atoms with Gasteiger partial charge in [-0.25, -0.2) is 15.0 Å². The van der Waals surface area contributed by atoms with Crippen molar-refractivity contribution in [1.82, 2.24) is 19.5 Å². The Hall–Kier alpha value is -1.76. The zero-order valence-electron chi connectivity index (χ0n) is 13.8. The van der Waals surface area contributed by atoms with Gasteiger partial charge in [0.15, 0.2) is 28.4 Å². The number of hydrogen-bond acceptors (Lipinski definition) is 9. The normalized spacial score (nSPS) is 25.3. The van der Waals surface area contributed by atoms with Crippen molar-refractivity contribution in [3.63, 3.8) is 0 Å². The summed E-state index contributed by atoms with van der Waals surface area (Å²) in [4.78, 5) is 13.6. The van der Waals surface area contributed by atoms with Gasteiger partial charge in [-0.15, -0.1) is 0 Å². The van der Waals surface area contributed by atoms with Crippen LogP contribution in [0.15, 0.2) is 45.1 Å². The van der Waals surface area contributed by atoms with E-state index >= 15 is 0 Å². The molecule has 1 saturated heterocycles. The number of nitrogens with zero attached hydrogens (tertiary/aromatic N) is 4. The molecule has 1 aliphatic heterocycles. The molecule has 5 N–H and O–H groups in total. The fourth-order valence-electron chi connectivity index (χ4n) is 2.91. The minimum Gasteiger partial charge on any atom is -0.394 e. The van der Waals surface area contributed by atoms with Crippen molar-refractivity contribution in [2.45, 2.75) is 34.6 Å². The molecule has 142 valence electrons. The lowest BCUT2D eigenvalue weighted by molar-refractivity contribution is -0.0548. The number of halogens is 1. The number of hydrogen-bond donors (Lipinski definition) is 4. The number of nitrogen functional groups attached to an aromatic ring is 1. The molecule has 27 heavy (non-hydrogen) atoms. The van der Waals surface area contributed by atoms with Crippen LogP contribution in [0.1, 0.15) is 6.23 Å². The zero-order chi connectivity index (χ0) is 19.1. The van der Waals surface area contributed by atoms with Crippen LogP contribution in [-0.4, -0.2) is 59.8 Å². The SMILES string of the molecule is Nc1ncnc2c1nc(Sc1ccc(Br)cc1)n2[C@@H]1O[C@H](CO)C(O)C1O. The van der Waals surface area contributed by atoms with Gasteiger partial charge in [0.05, 0.1) is 6.61 Å². The maximum atomic E-state index is 10.5. The van der Waals surface area contributed by atoms with E-state index in [2.05, 4.69) is 30.9 Å². The maximum Gasteiger partial charge on any atom is 0.177 e. The van der Waals surface area contributed by atoms with Gasteiger partial charge in [0.1, 0.15) is 24.6 Å². The lowest BCUT2D eigenvalue weighted by Gasteiger charge is -2.19. The van der Waals surface area contributed by atoms with Crippen molar-refractivity contribution >= 4 is 44.7 Å². The summed E-state index contributed by atoms with van der Waals surface area (Å²) in [5.41, 5.74) is 6.67. The number of anilines is 1. The third-order valence-corrected chi connectivity index (χ3v) is 5.77. The summed E-state index contributed by atoms with van der Waals surface area (Å²) in [5.74, 6) is 0.197. The van der Waals surface area contributed by atoms with Crippen LogP contribution in [0.25, 0.3) is 11.2 Å². The Morgan fingerprint density at radius 2 is 1.93 bits per heavy atom. The van der Waals surface area contributed by atoms with Crippen molar-refractivity contribution in [2.75, 3.05) is 12.3 Å². The number of aromatic nitrogens is 4. The average Bonchev–Trinajstić information content (AvgIpc) is 3.16. The molecule has 3 aromatic rings. The third-order valence-electron chi connectivity index (χ3n) is 4.27. The number of benzene rings is 1. The van der Waals surface area contributed by atoms with Crippen LogP contribution in [-0.2, 0) is 4.74 Å². The van der Waals surface area contributed by atoms with Crippen LogP contribution in [0.4, 0.5) is 5.82 Å². The van der Waals surface area contributed by atoms with E-state index in [1.54, 1.807) is 4.57 Å². The van der Waals surface area contributed by atoms with E-state index in [0.29, 0.717) is 16.3 Å². The lowest BCUT2D eigenvalue weighted by atomic mass is 10.1. The maximum absolute atomic E-state index is 10.5. The summed E-state index contributed by atoms with van der Waals surface area (Å²) in [6.45, 7) is -0.423. The van der Waals surface area contributed by atoms with Crippen molar-refractivity contribution in [1.29, 1.82) is 0 Å². The van der Waals surface area contributed by atoms with Crippen molar-refractivity contribution in [3.8, 4) is 0 Å². The first-order valence-corrected chi connectivity index (χ1v) is 9.65. The first kappa shape index (κ1) is 18.6. The van der Waals surface area contributed by atoms with E-state index in [1.165, 1.54) is 18.1 Å². The highest BCUT2D eigenvalue weighted by atomic mass is 79.9. The topological polar surface area (TPSA) is 140 Å². The Morgan fingerprint density at radius 3 is 2.59 bits per heavy atom. The minimum absolute atomic E-state index is 0.197. The predicted octanol–water partition coefficient (Wildman–Crippen LogP) is 0.934. The van der Waals surface area contributed by atoms with Gasteiger partial charge >= 0.3 is 0 Å². The van der Waals surface area contributed by atoms with E-state index in [9.17, 15) is 15.3 Å². The number of aliphatic hydroxyl groups excluding tert-OH is 3. The van der Waals surface area contributed by atoms with Gasteiger partial charge in [-0.3, -0.25) is 4.57 Å². The molecule has 11 heteroatoms. The number of nitrogens with two attached hydrogens (primary N) is 1. The van der Waals surface area contributed by atoms with E-state index in [-0.39, 0.29) is 5.82 Å². The smallest absolute Gasteiger partial charge is 0.177 e.